The number of ether oxygens (including phenoxy) is 1. The number of para-hydroxylation sites is 1. The second-order valence-electron chi connectivity index (χ2n) is 6.69. The van der Waals surface area contributed by atoms with Crippen LogP contribution in [0.25, 0.3) is 0 Å². The highest BCUT2D eigenvalue weighted by atomic mass is 35.5. The molecule has 2 aromatic carbocycles. The zero-order valence-corrected chi connectivity index (χ0v) is 19.5. The molecule has 0 saturated carbocycles. The van der Waals surface area contributed by atoms with Crippen molar-refractivity contribution in [3.63, 3.8) is 0 Å². The monoisotopic (exact) mass is 504 g/mol. The fourth-order valence-electron chi connectivity index (χ4n) is 2.79. The molecule has 0 spiro atoms. The van der Waals surface area contributed by atoms with E-state index in [1.54, 1.807) is 12.1 Å². The fourth-order valence-corrected chi connectivity index (χ4v) is 4.39. The van der Waals surface area contributed by atoms with Gasteiger partial charge in [0.2, 0.25) is 5.16 Å². The van der Waals surface area contributed by atoms with Crippen LogP contribution in [0.1, 0.15) is 11.4 Å². The number of thiazole rings is 1. The summed E-state index contributed by atoms with van der Waals surface area (Å²) >= 11 is 8.69. The second kappa shape index (κ2) is 10.6. The maximum Gasteiger partial charge on any atom is 0.258 e. The van der Waals surface area contributed by atoms with Crippen molar-refractivity contribution in [1.82, 2.24) is 19.4 Å². The summed E-state index contributed by atoms with van der Waals surface area (Å²) in [6.07, 6.45) is 1.85. The van der Waals surface area contributed by atoms with Crippen LogP contribution < -0.4 is 15.4 Å². The molecule has 12 heteroatoms. The molecule has 4 aromatic rings. The summed E-state index contributed by atoms with van der Waals surface area (Å²) in [7, 11) is 0. The quantitative estimate of drug-likeness (QED) is 0.291. The summed E-state index contributed by atoms with van der Waals surface area (Å²) < 4.78 is 22.1. The van der Waals surface area contributed by atoms with E-state index in [9.17, 15) is 9.18 Å². The highest BCUT2D eigenvalue weighted by Gasteiger charge is 2.14. The van der Waals surface area contributed by atoms with E-state index < -0.39 is 5.82 Å². The van der Waals surface area contributed by atoms with Crippen molar-refractivity contribution in [1.29, 1.82) is 0 Å². The largest absolute Gasteiger partial charge is 0.482 e. The molecule has 0 atom stereocenters. The Balaban J connectivity index is 1.37. The molecule has 33 heavy (non-hydrogen) atoms. The third-order valence-corrected chi connectivity index (χ3v) is 6.52. The SMILES string of the molecule is Nn1c(COc2ccccc2F)nnc1SCC(=O)N=c1sccn1Cc1ccccc1Cl. The van der Waals surface area contributed by atoms with Crippen LogP contribution in [0.2, 0.25) is 5.02 Å². The van der Waals surface area contributed by atoms with Gasteiger partial charge in [0.1, 0.15) is 6.61 Å². The number of nitrogens with zero attached hydrogens (tertiary/aromatic N) is 5. The molecule has 0 bridgehead atoms. The van der Waals surface area contributed by atoms with Gasteiger partial charge in [0, 0.05) is 16.6 Å². The van der Waals surface area contributed by atoms with Crippen molar-refractivity contribution in [2.45, 2.75) is 18.3 Å². The van der Waals surface area contributed by atoms with Crippen molar-refractivity contribution < 1.29 is 13.9 Å². The fraction of sp³-hybridized carbons (Fsp3) is 0.143. The number of hydrogen-bond acceptors (Lipinski definition) is 7. The number of nitrogens with two attached hydrogens (primary N) is 1. The van der Waals surface area contributed by atoms with Gasteiger partial charge in [-0.2, -0.15) is 4.99 Å². The molecule has 0 aliphatic rings. The first-order valence-corrected chi connectivity index (χ1v) is 11.9. The van der Waals surface area contributed by atoms with Crippen molar-refractivity contribution in [2.24, 2.45) is 4.99 Å². The van der Waals surface area contributed by atoms with Crippen LogP contribution in [0.15, 0.2) is 70.3 Å². The summed E-state index contributed by atoms with van der Waals surface area (Å²) in [5.74, 6) is 5.57. The van der Waals surface area contributed by atoms with Gasteiger partial charge in [-0.1, -0.05) is 53.7 Å². The molecule has 170 valence electrons. The van der Waals surface area contributed by atoms with Crippen LogP contribution in [0.4, 0.5) is 4.39 Å². The Kier molecular flexibility index (Phi) is 7.43. The molecule has 1 amide bonds. The summed E-state index contributed by atoms with van der Waals surface area (Å²) in [5.41, 5.74) is 0.933. The van der Waals surface area contributed by atoms with Gasteiger partial charge in [-0.3, -0.25) is 4.79 Å². The number of thioether (sulfide) groups is 1. The van der Waals surface area contributed by atoms with Crippen LogP contribution in [-0.2, 0) is 17.9 Å². The molecule has 0 fully saturated rings. The van der Waals surface area contributed by atoms with E-state index in [-0.39, 0.29) is 24.0 Å². The molecular weight excluding hydrogens is 487 g/mol. The standard InChI is InChI=1S/C21H18ClFN6O2S2/c22-15-6-2-1-5-14(15)11-28-9-10-32-20(28)25-19(30)13-33-21-27-26-18(29(21)24)12-31-17-8-4-3-7-16(17)23/h1-10H,11-13,24H2. The number of rotatable bonds is 8. The number of carbonyl (C=O) groups is 1. The Bertz CT molecular complexity index is 1340. The van der Waals surface area contributed by atoms with Gasteiger partial charge in [-0.05, 0) is 23.8 Å². The zero-order valence-electron chi connectivity index (χ0n) is 17.1. The lowest BCUT2D eigenvalue weighted by Gasteiger charge is -2.06. The predicted octanol–water partition coefficient (Wildman–Crippen LogP) is 3.49. The molecular formula is C21H18ClFN6O2S2. The van der Waals surface area contributed by atoms with E-state index in [4.69, 9.17) is 22.2 Å². The third-order valence-electron chi connectivity index (χ3n) is 4.43. The summed E-state index contributed by atoms with van der Waals surface area (Å²) in [6, 6.07) is 13.6. The molecule has 0 aliphatic heterocycles. The lowest BCUT2D eigenvalue weighted by Crippen LogP contribution is -2.18. The van der Waals surface area contributed by atoms with Gasteiger partial charge in [-0.15, -0.1) is 21.5 Å². The highest BCUT2D eigenvalue weighted by Crippen LogP contribution is 2.19. The van der Waals surface area contributed by atoms with Crippen molar-refractivity contribution in [3.05, 3.63) is 87.1 Å². The summed E-state index contributed by atoms with van der Waals surface area (Å²) in [4.78, 5) is 17.2. The minimum atomic E-state index is -0.484. The topological polar surface area (TPSA) is 100 Å². The molecule has 2 aromatic heterocycles. The number of amides is 1. The minimum absolute atomic E-state index is 0.0213. The highest BCUT2D eigenvalue weighted by molar-refractivity contribution is 7.99. The number of aromatic nitrogens is 4. The van der Waals surface area contributed by atoms with Crippen molar-refractivity contribution in [2.75, 3.05) is 11.6 Å². The van der Waals surface area contributed by atoms with Crippen LogP contribution >= 0.6 is 34.7 Å². The lowest BCUT2D eigenvalue weighted by molar-refractivity contribution is -0.115. The average molecular weight is 505 g/mol. The van der Waals surface area contributed by atoms with E-state index in [0.717, 1.165) is 17.3 Å². The smallest absolute Gasteiger partial charge is 0.258 e. The van der Waals surface area contributed by atoms with Crippen LogP contribution in [0, 0.1) is 5.82 Å². The first-order valence-electron chi connectivity index (χ1n) is 9.65. The molecule has 8 nitrogen and oxygen atoms in total. The Hall–Kier alpha value is -3.15. The number of halogens is 2. The lowest BCUT2D eigenvalue weighted by atomic mass is 10.2. The van der Waals surface area contributed by atoms with E-state index in [1.165, 1.54) is 28.1 Å². The Morgan fingerprint density at radius 1 is 1.21 bits per heavy atom. The Labute approximate surface area is 201 Å². The van der Waals surface area contributed by atoms with Crippen LogP contribution in [-0.4, -0.2) is 31.1 Å². The van der Waals surface area contributed by atoms with Gasteiger partial charge >= 0.3 is 0 Å². The number of hydrogen-bond donors (Lipinski definition) is 1. The van der Waals surface area contributed by atoms with Gasteiger partial charge in [-0.25, -0.2) is 9.07 Å². The maximum atomic E-state index is 13.7. The number of carbonyl (C=O) groups excluding carboxylic acids is 1. The first-order chi connectivity index (χ1) is 16.0. The summed E-state index contributed by atoms with van der Waals surface area (Å²) in [5, 5.41) is 10.7. The minimum Gasteiger partial charge on any atom is -0.482 e. The first kappa shape index (κ1) is 23.0. The maximum absolute atomic E-state index is 13.7. The molecule has 0 saturated heterocycles. The normalized spacial score (nSPS) is 11.6. The van der Waals surface area contributed by atoms with Crippen LogP contribution in [0.3, 0.4) is 0 Å². The third kappa shape index (κ3) is 5.81. The molecule has 0 radical (unpaired) electrons. The van der Waals surface area contributed by atoms with E-state index >= 15 is 0 Å². The van der Waals surface area contributed by atoms with Gasteiger partial charge in [0.15, 0.2) is 22.2 Å². The number of nitrogen functional groups attached to an aromatic ring is 1. The van der Waals surface area contributed by atoms with Gasteiger partial charge < -0.3 is 15.1 Å². The number of benzene rings is 2. The second-order valence-corrected chi connectivity index (χ2v) is 8.91. The van der Waals surface area contributed by atoms with Gasteiger partial charge in [0.05, 0.1) is 12.3 Å². The molecule has 2 N–H and O–H groups in total. The van der Waals surface area contributed by atoms with Gasteiger partial charge in [0.25, 0.3) is 5.91 Å². The Morgan fingerprint density at radius 3 is 2.82 bits per heavy atom. The van der Waals surface area contributed by atoms with E-state index in [1.807, 2.05) is 40.4 Å². The molecule has 0 aliphatic carbocycles. The molecule has 0 unspecified atom stereocenters. The predicted molar refractivity (Wildman–Crippen MR) is 125 cm³/mol. The van der Waals surface area contributed by atoms with Crippen molar-refractivity contribution in [3.8, 4) is 5.75 Å². The van der Waals surface area contributed by atoms with E-state index in [0.29, 0.717) is 27.3 Å². The Morgan fingerprint density at radius 2 is 2.00 bits per heavy atom. The average Bonchev–Trinajstić information content (AvgIpc) is 3.39. The van der Waals surface area contributed by atoms with E-state index in [2.05, 4.69) is 15.2 Å². The summed E-state index contributed by atoms with van der Waals surface area (Å²) in [6.45, 7) is 0.436. The van der Waals surface area contributed by atoms with Crippen LogP contribution in [0.5, 0.6) is 5.75 Å². The molecule has 2 heterocycles. The molecule has 4 rings (SSSR count). The van der Waals surface area contributed by atoms with Crippen molar-refractivity contribution >= 4 is 40.6 Å². The zero-order chi connectivity index (χ0) is 23.2.